The molecule has 0 aromatic heterocycles. The Hall–Kier alpha value is -1.31. The number of hydrogen-bond acceptors (Lipinski definition) is 1. The highest BCUT2D eigenvalue weighted by molar-refractivity contribution is 6.02. The van der Waals surface area contributed by atoms with E-state index >= 15 is 0 Å². The number of carbonyl (C=O) groups excluding carboxylic acids is 1. The first kappa shape index (κ1) is 8.96. The second kappa shape index (κ2) is 2.63. The maximum absolute atomic E-state index is 12.0. The molecule has 1 aromatic carbocycles. The number of carbonyl (C=O) groups is 1. The molecule has 1 aliphatic carbocycles. The molecule has 2 nitrogen and oxygen atoms in total. The van der Waals surface area contributed by atoms with E-state index in [1.807, 2.05) is 0 Å². The summed E-state index contributed by atoms with van der Waals surface area (Å²) in [6.45, 7) is 4.17. The molecule has 1 fully saturated rings. The minimum atomic E-state index is -0.0672. The lowest BCUT2D eigenvalue weighted by Crippen LogP contribution is -2.29. The number of fused-ring (bicyclic) bond motifs is 3. The van der Waals surface area contributed by atoms with Gasteiger partial charge in [0.05, 0.1) is 5.41 Å². The highest BCUT2D eigenvalue weighted by Crippen LogP contribution is 2.65. The summed E-state index contributed by atoms with van der Waals surface area (Å²) in [6, 6.07) is 6.38. The van der Waals surface area contributed by atoms with Gasteiger partial charge in [-0.05, 0) is 37.0 Å². The summed E-state index contributed by atoms with van der Waals surface area (Å²) in [6.07, 6.45) is 1.99. The maximum atomic E-state index is 12.0. The van der Waals surface area contributed by atoms with Gasteiger partial charge in [0, 0.05) is 11.6 Å². The van der Waals surface area contributed by atoms with E-state index in [-0.39, 0.29) is 11.3 Å². The minimum absolute atomic E-state index is 0.0672. The molecule has 1 aromatic rings. The van der Waals surface area contributed by atoms with Crippen LogP contribution in [0.5, 0.6) is 0 Å². The highest BCUT2D eigenvalue weighted by Gasteiger charge is 2.61. The van der Waals surface area contributed by atoms with Gasteiger partial charge in [0.15, 0.2) is 0 Å². The second-order valence-electron chi connectivity index (χ2n) is 4.81. The summed E-state index contributed by atoms with van der Waals surface area (Å²) < 4.78 is 0. The summed E-state index contributed by atoms with van der Waals surface area (Å²) in [4.78, 5) is 12.0. The van der Waals surface area contributed by atoms with Gasteiger partial charge in [-0.2, -0.15) is 0 Å². The zero-order valence-electron chi connectivity index (χ0n) is 9.13. The summed E-state index contributed by atoms with van der Waals surface area (Å²) >= 11 is 0. The number of nitrogens with one attached hydrogen (secondary N) is 1. The van der Waals surface area contributed by atoms with Gasteiger partial charge >= 0.3 is 0 Å². The smallest absolute Gasteiger partial charge is 0.231 e. The predicted molar refractivity (Wildman–Crippen MR) is 59.9 cm³/mol. The third kappa shape index (κ3) is 1.02. The normalized spacial score (nSPS) is 31.6. The quantitative estimate of drug-likeness (QED) is 0.743. The molecular formula is C13H15NO. The predicted octanol–water partition coefficient (Wildman–Crippen LogP) is 2.83. The van der Waals surface area contributed by atoms with Gasteiger partial charge in [0.1, 0.15) is 0 Å². The number of aryl methyl sites for hydroxylation is 1. The van der Waals surface area contributed by atoms with Crippen molar-refractivity contribution in [1.82, 2.24) is 0 Å². The molecule has 1 amide bonds. The van der Waals surface area contributed by atoms with Gasteiger partial charge in [0.25, 0.3) is 0 Å². The average Bonchev–Trinajstić information content (AvgIpc) is 2.94. The fourth-order valence-corrected chi connectivity index (χ4v) is 2.84. The average molecular weight is 201 g/mol. The van der Waals surface area contributed by atoms with Crippen molar-refractivity contribution < 1.29 is 4.79 Å². The van der Waals surface area contributed by atoms with Gasteiger partial charge in [-0.15, -0.1) is 0 Å². The van der Waals surface area contributed by atoms with Gasteiger partial charge in [-0.1, -0.05) is 19.1 Å². The van der Waals surface area contributed by atoms with Crippen LogP contribution in [0.4, 0.5) is 5.69 Å². The molecule has 3 rings (SSSR count). The molecule has 1 N–H and O–H groups in total. The second-order valence-corrected chi connectivity index (χ2v) is 4.81. The largest absolute Gasteiger partial charge is 0.325 e. The van der Waals surface area contributed by atoms with E-state index in [2.05, 4.69) is 37.4 Å². The third-order valence-electron chi connectivity index (χ3n) is 3.99. The Morgan fingerprint density at radius 2 is 2.33 bits per heavy atom. The third-order valence-corrected chi connectivity index (χ3v) is 3.99. The Morgan fingerprint density at radius 3 is 3.07 bits per heavy atom. The van der Waals surface area contributed by atoms with Crippen LogP contribution in [-0.4, -0.2) is 5.91 Å². The van der Waals surface area contributed by atoms with Gasteiger partial charge < -0.3 is 5.32 Å². The van der Waals surface area contributed by atoms with Gasteiger partial charge in [-0.3, -0.25) is 4.79 Å². The van der Waals surface area contributed by atoms with E-state index in [0.29, 0.717) is 5.92 Å². The lowest BCUT2D eigenvalue weighted by molar-refractivity contribution is -0.121. The fourth-order valence-electron chi connectivity index (χ4n) is 2.84. The van der Waals surface area contributed by atoms with E-state index in [0.717, 1.165) is 18.5 Å². The lowest BCUT2D eigenvalue weighted by atomic mass is 9.90. The molecular weight excluding hydrogens is 186 g/mol. The number of anilines is 1. The standard InChI is InChI=1S/C13H15NO/c1-3-13-7-10(13)9-5-4-8(2)6-11(9)14-12(13)15/h4-6,10H,3,7H2,1-2H3,(H,14,15)/t10-,13-/m1/s1. The Labute approximate surface area is 89.7 Å². The van der Waals surface area contributed by atoms with Crippen LogP contribution in [0.3, 0.4) is 0 Å². The number of amides is 1. The monoisotopic (exact) mass is 201 g/mol. The minimum Gasteiger partial charge on any atom is -0.325 e. The van der Waals surface area contributed by atoms with Crippen LogP contribution in [-0.2, 0) is 4.79 Å². The first-order valence-electron chi connectivity index (χ1n) is 5.59. The topological polar surface area (TPSA) is 29.1 Å². The van der Waals surface area contributed by atoms with Gasteiger partial charge in [-0.25, -0.2) is 0 Å². The zero-order valence-corrected chi connectivity index (χ0v) is 9.13. The molecule has 2 heteroatoms. The van der Waals surface area contributed by atoms with Crippen LogP contribution >= 0.6 is 0 Å². The molecule has 78 valence electrons. The molecule has 15 heavy (non-hydrogen) atoms. The maximum Gasteiger partial charge on any atom is 0.231 e. The van der Waals surface area contributed by atoms with E-state index in [4.69, 9.17) is 0 Å². The van der Waals surface area contributed by atoms with Crippen molar-refractivity contribution in [3.63, 3.8) is 0 Å². The van der Waals surface area contributed by atoms with E-state index in [1.54, 1.807) is 0 Å². The van der Waals surface area contributed by atoms with Crippen LogP contribution < -0.4 is 5.32 Å². The SMILES string of the molecule is CC[C@@]12C[C@@H]1c1ccc(C)cc1NC2=O. The molecule has 0 unspecified atom stereocenters. The van der Waals surface area contributed by atoms with Crippen molar-refractivity contribution in [3.8, 4) is 0 Å². The first-order valence-corrected chi connectivity index (χ1v) is 5.59. The molecule has 0 bridgehead atoms. The Bertz CT molecular complexity index is 452. The summed E-state index contributed by atoms with van der Waals surface area (Å²) in [7, 11) is 0. The first-order chi connectivity index (χ1) is 7.17. The number of hydrogen-bond donors (Lipinski definition) is 1. The van der Waals surface area contributed by atoms with Crippen LogP contribution in [0, 0.1) is 12.3 Å². The molecule has 0 radical (unpaired) electrons. The van der Waals surface area contributed by atoms with Crippen molar-refractivity contribution in [1.29, 1.82) is 0 Å². The number of rotatable bonds is 1. The molecule has 2 aliphatic rings. The summed E-state index contributed by atoms with van der Waals surface area (Å²) in [5.74, 6) is 0.708. The van der Waals surface area contributed by atoms with Crippen molar-refractivity contribution in [2.24, 2.45) is 5.41 Å². The Morgan fingerprint density at radius 1 is 1.53 bits per heavy atom. The Balaban J connectivity index is 2.10. The van der Waals surface area contributed by atoms with Crippen LogP contribution in [0.15, 0.2) is 18.2 Å². The molecule has 1 heterocycles. The lowest BCUT2D eigenvalue weighted by Gasteiger charge is -2.23. The van der Waals surface area contributed by atoms with Crippen molar-refractivity contribution in [3.05, 3.63) is 29.3 Å². The molecule has 0 saturated heterocycles. The van der Waals surface area contributed by atoms with Crippen molar-refractivity contribution in [2.45, 2.75) is 32.6 Å². The zero-order chi connectivity index (χ0) is 10.6. The van der Waals surface area contributed by atoms with Crippen molar-refractivity contribution in [2.75, 3.05) is 5.32 Å². The fraction of sp³-hybridized carbons (Fsp3) is 0.462. The van der Waals surface area contributed by atoms with Crippen LogP contribution in [0.25, 0.3) is 0 Å². The molecule has 1 saturated carbocycles. The van der Waals surface area contributed by atoms with Crippen LogP contribution in [0.1, 0.15) is 36.8 Å². The van der Waals surface area contributed by atoms with E-state index in [9.17, 15) is 4.79 Å². The van der Waals surface area contributed by atoms with Crippen molar-refractivity contribution >= 4 is 11.6 Å². The highest BCUT2D eigenvalue weighted by atomic mass is 16.2. The number of benzene rings is 1. The molecule has 1 aliphatic heterocycles. The summed E-state index contributed by atoms with van der Waals surface area (Å²) in [5.41, 5.74) is 3.51. The van der Waals surface area contributed by atoms with E-state index < -0.39 is 0 Å². The summed E-state index contributed by atoms with van der Waals surface area (Å²) in [5, 5.41) is 3.04. The van der Waals surface area contributed by atoms with E-state index in [1.165, 1.54) is 11.1 Å². The molecule has 0 spiro atoms. The Kier molecular flexibility index (Phi) is 1.57. The molecule has 2 atom stereocenters. The van der Waals surface area contributed by atoms with Crippen LogP contribution in [0.2, 0.25) is 0 Å². The van der Waals surface area contributed by atoms with Gasteiger partial charge in [0.2, 0.25) is 5.91 Å².